The van der Waals surface area contributed by atoms with Gasteiger partial charge in [0.1, 0.15) is 5.82 Å². The molecule has 158 valence electrons. The molecule has 6 nitrogen and oxygen atoms in total. The molecule has 0 amide bonds. The summed E-state index contributed by atoms with van der Waals surface area (Å²) in [7, 11) is 1.53. The van der Waals surface area contributed by atoms with Crippen LogP contribution in [-0.2, 0) is 4.79 Å². The molecule has 6 heteroatoms. The Bertz CT molecular complexity index is 1220. The summed E-state index contributed by atoms with van der Waals surface area (Å²) in [5, 5.41) is 18.5. The minimum Gasteiger partial charge on any atom is -0.504 e. The summed E-state index contributed by atoms with van der Waals surface area (Å²) in [6.45, 7) is 4.04. The Morgan fingerprint density at radius 3 is 2.65 bits per heavy atom. The number of hydrogen-bond acceptors (Lipinski definition) is 5. The van der Waals surface area contributed by atoms with Crippen LogP contribution in [0.25, 0.3) is 5.69 Å². The Hall–Kier alpha value is -3.54. The summed E-state index contributed by atoms with van der Waals surface area (Å²) >= 11 is 0. The number of aromatic hydroxyl groups is 1. The highest BCUT2D eigenvalue weighted by Gasteiger charge is 2.39. The van der Waals surface area contributed by atoms with Crippen LogP contribution in [0.15, 0.2) is 53.7 Å². The number of anilines is 1. The molecular formula is C25H25N3O3. The number of methoxy groups -OCH3 is 1. The molecule has 0 radical (unpaired) electrons. The van der Waals surface area contributed by atoms with Crippen molar-refractivity contribution in [3.63, 3.8) is 0 Å². The fourth-order valence-corrected chi connectivity index (χ4v) is 4.70. The van der Waals surface area contributed by atoms with Gasteiger partial charge in [0.2, 0.25) is 0 Å². The molecule has 31 heavy (non-hydrogen) atoms. The van der Waals surface area contributed by atoms with Crippen molar-refractivity contribution in [1.29, 1.82) is 0 Å². The Balaban J connectivity index is 1.74. The minimum absolute atomic E-state index is 0.0802. The number of fused-ring (bicyclic) bond motifs is 1. The van der Waals surface area contributed by atoms with E-state index in [0.717, 1.165) is 52.4 Å². The van der Waals surface area contributed by atoms with Gasteiger partial charge in [-0.2, -0.15) is 5.10 Å². The van der Waals surface area contributed by atoms with Gasteiger partial charge in [-0.05, 0) is 56.5 Å². The fraction of sp³-hybridized carbons (Fsp3) is 0.280. The average Bonchev–Trinajstić information content (AvgIpc) is 3.09. The average molecular weight is 415 g/mol. The summed E-state index contributed by atoms with van der Waals surface area (Å²) < 4.78 is 7.28. The number of nitrogens with zero attached hydrogens (tertiary/aromatic N) is 2. The highest BCUT2D eigenvalue weighted by atomic mass is 16.5. The van der Waals surface area contributed by atoms with Gasteiger partial charge in [0.05, 0.1) is 18.5 Å². The molecule has 2 aromatic carbocycles. The van der Waals surface area contributed by atoms with Crippen molar-refractivity contribution >= 4 is 11.6 Å². The molecule has 1 aliphatic carbocycles. The number of allylic oxidation sites excluding steroid dienone is 2. The van der Waals surface area contributed by atoms with Crippen LogP contribution >= 0.6 is 0 Å². The molecule has 0 saturated carbocycles. The number of ether oxygens (including phenoxy) is 1. The van der Waals surface area contributed by atoms with E-state index in [-0.39, 0.29) is 17.5 Å². The van der Waals surface area contributed by atoms with E-state index in [2.05, 4.69) is 36.5 Å². The molecule has 1 aliphatic heterocycles. The van der Waals surface area contributed by atoms with Gasteiger partial charge in [0.25, 0.3) is 0 Å². The van der Waals surface area contributed by atoms with Crippen molar-refractivity contribution in [2.45, 2.75) is 39.0 Å². The third-order valence-corrected chi connectivity index (χ3v) is 6.23. The van der Waals surface area contributed by atoms with Crippen LogP contribution in [0.3, 0.4) is 0 Å². The third kappa shape index (κ3) is 3.10. The number of nitrogens with one attached hydrogen (secondary N) is 1. The van der Waals surface area contributed by atoms with Crippen LogP contribution in [0.1, 0.15) is 47.6 Å². The molecule has 0 unspecified atom stereocenters. The second-order valence-electron chi connectivity index (χ2n) is 8.25. The van der Waals surface area contributed by atoms with Crippen LogP contribution in [0.2, 0.25) is 0 Å². The van der Waals surface area contributed by atoms with Gasteiger partial charge in [-0.25, -0.2) is 4.68 Å². The predicted octanol–water partition coefficient (Wildman–Crippen LogP) is 4.77. The maximum absolute atomic E-state index is 13.1. The van der Waals surface area contributed by atoms with Gasteiger partial charge in [-0.3, -0.25) is 4.79 Å². The topological polar surface area (TPSA) is 76.4 Å². The van der Waals surface area contributed by atoms with Crippen molar-refractivity contribution < 1.29 is 14.6 Å². The maximum atomic E-state index is 13.1. The lowest BCUT2D eigenvalue weighted by molar-refractivity contribution is -0.116. The molecule has 0 spiro atoms. The highest BCUT2D eigenvalue weighted by Crippen LogP contribution is 2.48. The molecule has 2 aliphatic rings. The van der Waals surface area contributed by atoms with E-state index < -0.39 is 0 Å². The number of ketones is 1. The first-order chi connectivity index (χ1) is 15.0. The molecule has 2 N–H and O–H groups in total. The lowest BCUT2D eigenvalue weighted by Gasteiger charge is -2.33. The Kier molecular flexibility index (Phi) is 4.58. The molecule has 2 heterocycles. The quantitative estimate of drug-likeness (QED) is 0.645. The van der Waals surface area contributed by atoms with Crippen molar-refractivity contribution in [2.75, 3.05) is 12.4 Å². The Labute approximate surface area is 181 Å². The molecule has 0 bridgehead atoms. The fourth-order valence-electron chi connectivity index (χ4n) is 4.70. The van der Waals surface area contributed by atoms with Crippen molar-refractivity contribution in [3.8, 4) is 17.2 Å². The van der Waals surface area contributed by atoms with E-state index in [4.69, 9.17) is 9.84 Å². The number of carbonyl (C=O) groups is 1. The predicted molar refractivity (Wildman–Crippen MR) is 119 cm³/mol. The zero-order valence-electron chi connectivity index (χ0n) is 17.9. The lowest BCUT2D eigenvalue weighted by atomic mass is 9.76. The van der Waals surface area contributed by atoms with E-state index in [9.17, 15) is 9.90 Å². The van der Waals surface area contributed by atoms with Crippen molar-refractivity contribution in [2.24, 2.45) is 0 Å². The van der Waals surface area contributed by atoms with Gasteiger partial charge in [-0.15, -0.1) is 0 Å². The maximum Gasteiger partial charge on any atom is 0.161 e. The Morgan fingerprint density at radius 1 is 1.13 bits per heavy atom. The van der Waals surface area contributed by atoms with Gasteiger partial charge in [-0.1, -0.05) is 23.8 Å². The molecule has 1 aromatic heterocycles. The van der Waals surface area contributed by atoms with Crippen LogP contribution in [-0.4, -0.2) is 27.8 Å². The second kappa shape index (κ2) is 7.30. The van der Waals surface area contributed by atoms with Gasteiger partial charge < -0.3 is 15.2 Å². The smallest absolute Gasteiger partial charge is 0.161 e. The third-order valence-electron chi connectivity index (χ3n) is 6.23. The molecule has 0 saturated heterocycles. The van der Waals surface area contributed by atoms with Crippen LogP contribution in [0, 0.1) is 13.8 Å². The number of hydrogen-bond donors (Lipinski definition) is 2. The number of aromatic nitrogens is 2. The zero-order chi connectivity index (χ0) is 21.7. The number of carbonyl (C=O) groups excluding carboxylic acids is 1. The summed E-state index contributed by atoms with van der Waals surface area (Å²) in [5.74, 6) is 1.28. The van der Waals surface area contributed by atoms with Gasteiger partial charge in [0, 0.05) is 29.2 Å². The molecule has 0 fully saturated rings. The SMILES string of the molecule is COc1cc([C@@H]2C3=C(CCCC3=O)Nc3c2c(C)nn3-c2ccc(C)cc2)ccc1O. The van der Waals surface area contributed by atoms with Crippen molar-refractivity contribution in [3.05, 3.63) is 76.1 Å². The van der Waals surface area contributed by atoms with E-state index in [1.54, 1.807) is 6.07 Å². The van der Waals surface area contributed by atoms with Gasteiger partial charge in [0.15, 0.2) is 17.3 Å². The van der Waals surface area contributed by atoms with Crippen LogP contribution in [0.5, 0.6) is 11.5 Å². The normalized spacial score (nSPS) is 17.8. The first-order valence-electron chi connectivity index (χ1n) is 10.5. The standard InChI is InChI=1S/C25H25N3O3/c1-14-7-10-17(11-8-14)28-25-22(15(2)27-28)23(16-9-12-19(29)21(13-16)31-3)24-18(26-25)5-4-6-20(24)30/h7-13,23,26,29H,4-6H2,1-3H3/t23-/m0/s1. The van der Waals surface area contributed by atoms with E-state index in [1.165, 1.54) is 12.7 Å². The lowest BCUT2D eigenvalue weighted by Crippen LogP contribution is -2.27. The van der Waals surface area contributed by atoms with Crippen molar-refractivity contribution in [1.82, 2.24) is 9.78 Å². The summed E-state index contributed by atoms with van der Waals surface area (Å²) in [6, 6.07) is 13.6. The van der Waals surface area contributed by atoms with Crippen LogP contribution in [0.4, 0.5) is 5.82 Å². The molecule has 1 atom stereocenters. The molecular weight excluding hydrogens is 390 g/mol. The minimum atomic E-state index is -0.257. The zero-order valence-corrected chi connectivity index (χ0v) is 17.9. The number of benzene rings is 2. The number of Topliss-reactive ketones (excluding diaryl/α,β-unsaturated/α-hetero) is 1. The highest BCUT2D eigenvalue weighted by molar-refractivity contribution is 6.01. The largest absolute Gasteiger partial charge is 0.504 e. The van der Waals surface area contributed by atoms with E-state index >= 15 is 0 Å². The second-order valence-corrected chi connectivity index (χ2v) is 8.25. The van der Waals surface area contributed by atoms with Gasteiger partial charge >= 0.3 is 0 Å². The summed E-state index contributed by atoms with van der Waals surface area (Å²) in [6.07, 6.45) is 2.21. The number of aryl methyl sites for hydroxylation is 2. The monoisotopic (exact) mass is 415 g/mol. The number of phenolic OH excluding ortho intramolecular Hbond substituents is 1. The Morgan fingerprint density at radius 2 is 1.90 bits per heavy atom. The molecule has 3 aromatic rings. The summed E-state index contributed by atoms with van der Waals surface area (Å²) in [4.78, 5) is 13.1. The van der Waals surface area contributed by atoms with E-state index in [1.807, 2.05) is 23.7 Å². The summed E-state index contributed by atoms with van der Waals surface area (Å²) in [5.41, 5.74) is 6.69. The number of rotatable bonds is 3. The van der Waals surface area contributed by atoms with E-state index in [0.29, 0.717) is 12.2 Å². The number of phenols is 1. The first kappa shape index (κ1) is 19.4. The molecule has 5 rings (SSSR count). The first-order valence-corrected chi connectivity index (χ1v) is 10.5. The van der Waals surface area contributed by atoms with Crippen LogP contribution < -0.4 is 10.1 Å².